The van der Waals surface area contributed by atoms with Crippen molar-refractivity contribution >= 4 is 33.2 Å². The molecule has 2 amide bonds. The number of nitro benzene ring substituents is 1. The van der Waals surface area contributed by atoms with Gasteiger partial charge in [-0.1, -0.05) is 50.2 Å². The minimum atomic E-state index is -3.96. The van der Waals surface area contributed by atoms with E-state index in [-0.39, 0.29) is 23.8 Å². The van der Waals surface area contributed by atoms with Crippen molar-refractivity contribution in [3.63, 3.8) is 0 Å². The maximum absolute atomic E-state index is 13.5. The van der Waals surface area contributed by atoms with Crippen molar-refractivity contribution in [1.82, 2.24) is 10.2 Å². The van der Waals surface area contributed by atoms with Crippen LogP contribution >= 0.6 is 0 Å². The number of amides is 2. The van der Waals surface area contributed by atoms with Crippen LogP contribution in [-0.4, -0.2) is 62.0 Å². The van der Waals surface area contributed by atoms with Crippen molar-refractivity contribution < 1.29 is 22.9 Å². The van der Waals surface area contributed by atoms with Crippen LogP contribution < -0.4 is 9.62 Å². The summed E-state index contributed by atoms with van der Waals surface area (Å²) < 4.78 is 26.0. The van der Waals surface area contributed by atoms with Gasteiger partial charge in [-0.3, -0.25) is 24.0 Å². The molecular formula is C24H32N4O6S. The number of benzene rings is 2. The summed E-state index contributed by atoms with van der Waals surface area (Å²) in [4.78, 5) is 38.3. The summed E-state index contributed by atoms with van der Waals surface area (Å²) in [5, 5.41) is 14.0. The fourth-order valence-corrected chi connectivity index (χ4v) is 4.48. The Morgan fingerprint density at radius 1 is 1.09 bits per heavy atom. The monoisotopic (exact) mass is 504 g/mol. The summed E-state index contributed by atoms with van der Waals surface area (Å²) in [7, 11) is -3.96. The average Bonchev–Trinajstić information content (AvgIpc) is 2.83. The van der Waals surface area contributed by atoms with Gasteiger partial charge in [-0.25, -0.2) is 8.42 Å². The molecule has 0 bridgehead atoms. The minimum Gasteiger partial charge on any atom is -0.354 e. The van der Waals surface area contributed by atoms with Gasteiger partial charge in [-0.15, -0.1) is 0 Å². The second-order valence-electron chi connectivity index (χ2n) is 8.08. The van der Waals surface area contributed by atoms with E-state index in [0.29, 0.717) is 19.4 Å². The number of anilines is 1. The van der Waals surface area contributed by atoms with Crippen LogP contribution in [0.25, 0.3) is 0 Å². The molecule has 1 unspecified atom stereocenters. The molecule has 2 aromatic rings. The van der Waals surface area contributed by atoms with Crippen LogP contribution in [0.15, 0.2) is 54.6 Å². The van der Waals surface area contributed by atoms with Crippen LogP contribution in [0.1, 0.15) is 32.3 Å². The molecule has 0 saturated heterocycles. The van der Waals surface area contributed by atoms with Crippen LogP contribution in [0.2, 0.25) is 0 Å². The van der Waals surface area contributed by atoms with Crippen molar-refractivity contribution in [2.75, 3.05) is 30.2 Å². The number of carbonyl (C=O) groups is 2. The molecule has 0 aliphatic rings. The molecule has 0 aliphatic carbocycles. The lowest BCUT2D eigenvalue weighted by Gasteiger charge is -2.32. The van der Waals surface area contributed by atoms with Crippen LogP contribution in [0.4, 0.5) is 11.4 Å². The number of non-ortho nitro benzene ring substituents is 1. The zero-order valence-corrected chi connectivity index (χ0v) is 21.0. The highest BCUT2D eigenvalue weighted by molar-refractivity contribution is 7.92. The Hall–Kier alpha value is -3.47. The number of rotatable bonds is 13. The highest BCUT2D eigenvalue weighted by Crippen LogP contribution is 2.23. The van der Waals surface area contributed by atoms with E-state index < -0.39 is 33.4 Å². The first-order valence-electron chi connectivity index (χ1n) is 11.4. The zero-order chi connectivity index (χ0) is 26.0. The standard InChI is InChI=1S/C24H32N4O6S/c1-4-15-25-24(30)22(5-2)26(16-14-19-10-7-6-8-11-19)23(29)18-27(35(3,33)34)20-12-9-13-21(17-20)28(31)32/h6-13,17,22H,4-5,14-16,18H2,1-3H3,(H,25,30). The predicted octanol–water partition coefficient (Wildman–Crippen LogP) is 2.74. The molecule has 190 valence electrons. The summed E-state index contributed by atoms with van der Waals surface area (Å²) in [6, 6.07) is 13.8. The minimum absolute atomic E-state index is 0.00143. The van der Waals surface area contributed by atoms with E-state index in [4.69, 9.17) is 0 Å². The molecule has 0 spiro atoms. The van der Waals surface area contributed by atoms with Crippen LogP contribution in [0.5, 0.6) is 0 Å². The first-order chi connectivity index (χ1) is 16.6. The predicted molar refractivity (Wildman–Crippen MR) is 135 cm³/mol. The van der Waals surface area contributed by atoms with Crippen molar-refractivity contribution in [1.29, 1.82) is 0 Å². The molecule has 11 heteroatoms. The topological polar surface area (TPSA) is 130 Å². The lowest BCUT2D eigenvalue weighted by atomic mass is 10.1. The fraction of sp³-hybridized carbons (Fsp3) is 0.417. The van der Waals surface area contributed by atoms with E-state index in [2.05, 4.69) is 5.32 Å². The van der Waals surface area contributed by atoms with Gasteiger partial charge in [0.15, 0.2) is 0 Å². The smallest absolute Gasteiger partial charge is 0.271 e. The number of nitrogens with zero attached hydrogens (tertiary/aromatic N) is 3. The van der Waals surface area contributed by atoms with Gasteiger partial charge in [-0.05, 0) is 30.9 Å². The van der Waals surface area contributed by atoms with E-state index in [1.807, 2.05) is 37.3 Å². The molecule has 1 atom stereocenters. The Morgan fingerprint density at radius 3 is 2.34 bits per heavy atom. The summed E-state index contributed by atoms with van der Waals surface area (Å²) in [5.41, 5.74) is 0.671. The Morgan fingerprint density at radius 2 is 1.77 bits per heavy atom. The average molecular weight is 505 g/mol. The largest absolute Gasteiger partial charge is 0.354 e. The summed E-state index contributed by atoms with van der Waals surface area (Å²) in [6.07, 6.45) is 2.47. The number of hydrogen-bond donors (Lipinski definition) is 1. The van der Waals surface area contributed by atoms with Gasteiger partial charge < -0.3 is 10.2 Å². The quantitative estimate of drug-likeness (QED) is 0.330. The Bertz CT molecular complexity index is 1120. The Balaban J connectivity index is 2.38. The number of sulfonamides is 1. The van der Waals surface area contributed by atoms with Gasteiger partial charge in [0.1, 0.15) is 12.6 Å². The van der Waals surface area contributed by atoms with E-state index in [9.17, 15) is 28.1 Å². The summed E-state index contributed by atoms with van der Waals surface area (Å²) in [6.45, 7) is 3.77. The number of nitrogens with one attached hydrogen (secondary N) is 1. The molecular weight excluding hydrogens is 472 g/mol. The first kappa shape index (κ1) is 27.8. The number of nitro groups is 1. The van der Waals surface area contributed by atoms with Gasteiger partial charge in [0, 0.05) is 25.2 Å². The van der Waals surface area contributed by atoms with E-state index in [1.54, 1.807) is 6.92 Å². The second kappa shape index (κ2) is 12.8. The molecule has 0 fully saturated rings. The third-order valence-electron chi connectivity index (χ3n) is 5.43. The highest BCUT2D eigenvalue weighted by Gasteiger charge is 2.31. The Labute approximate surface area is 206 Å². The zero-order valence-electron chi connectivity index (χ0n) is 20.2. The number of hydrogen-bond acceptors (Lipinski definition) is 6. The van der Waals surface area contributed by atoms with E-state index >= 15 is 0 Å². The van der Waals surface area contributed by atoms with Crippen LogP contribution in [0.3, 0.4) is 0 Å². The van der Waals surface area contributed by atoms with Crippen molar-refractivity contribution in [2.45, 2.75) is 39.2 Å². The van der Waals surface area contributed by atoms with Gasteiger partial charge >= 0.3 is 0 Å². The molecule has 0 saturated carbocycles. The SMILES string of the molecule is CCCNC(=O)C(CC)N(CCc1ccccc1)C(=O)CN(c1cccc([N+](=O)[O-])c1)S(C)(=O)=O. The fourth-order valence-electron chi connectivity index (χ4n) is 3.64. The maximum atomic E-state index is 13.5. The molecule has 35 heavy (non-hydrogen) atoms. The molecule has 0 aromatic heterocycles. The van der Waals surface area contributed by atoms with Gasteiger partial charge in [0.2, 0.25) is 21.8 Å². The molecule has 1 N–H and O–H groups in total. The van der Waals surface area contributed by atoms with Crippen LogP contribution in [0, 0.1) is 10.1 Å². The lowest BCUT2D eigenvalue weighted by Crippen LogP contribution is -2.53. The summed E-state index contributed by atoms with van der Waals surface area (Å²) >= 11 is 0. The molecule has 2 aromatic carbocycles. The van der Waals surface area contributed by atoms with E-state index in [0.717, 1.165) is 28.6 Å². The first-order valence-corrected chi connectivity index (χ1v) is 13.3. The number of carbonyl (C=O) groups excluding carboxylic acids is 2. The van der Waals surface area contributed by atoms with Gasteiger partial charge in [0.25, 0.3) is 5.69 Å². The van der Waals surface area contributed by atoms with Gasteiger partial charge in [0.05, 0.1) is 16.9 Å². The lowest BCUT2D eigenvalue weighted by molar-refractivity contribution is -0.384. The van der Waals surface area contributed by atoms with E-state index in [1.165, 1.54) is 23.1 Å². The second-order valence-corrected chi connectivity index (χ2v) is 9.99. The molecule has 2 rings (SSSR count). The molecule has 10 nitrogen and oxygen atoms in total. The molecule has 0 radical (unpaired) electrons. The third kappa shape index (κ3) is 8.06. The van der Waals surface area contributed by atoms with Crippen molar-refractivity contribution in [3.05, 3.63) is 70.3 Å². The molecule has 0 aliphatic heterocycles. The highest BCUT2D eigenvalue weighted by atomic mass is 32.2. The van der Waals surface area contributed by atoms with Gasteiger partial charge in [-0.2, -0.15) is 0 Å². The third-order valence-corrected chi connectivity index (χ3v) is 6.57. The maximum Gasteiger partial charge on any atom is 0.271 e. The van der Waals surface area contributed by atoms with Crippen LogP contribution in [-0.2, 0) is 26.0 Å². The Kier molecular flexibility index (Phi) is 10.2. The normalized spacial score (nSPS) is 12.0. The molecule has 0 heterocycles. The summed E-state index contributed by atoms with van der Waals surface area (Å²) in [5.74, 6) is -0.881. The van der Waals surface area contributed by atoms with Crippen molar-refractivity contribution in [3.8, 4) is 0 Å². The van der Waals surface area contributed by atoms with Crippen molar-refractivity contribution in [2.24, 2.45) is 0 Å².